The average Bonchev–Trinajstić information content (AvgIpc) is 3.44. The summed E-state index contributed by atoms with van der Waals surface area (Å²) >= 11 is 0. The van der Waals surface area contributed by atoms with Crippen LogP contribution < -0.4 is 0 Å². The Morgan fingerprint density at radius 3 is 1.57 bits per heavy atom. The van der Waals surface area contributed by atoms with E-state index in [1.807, 2.05) is 0 Å². The van der Waals surface area contributed by atoms with Crippen LogP contribution in [0.2, 0.25) is 0 Å². The molecule has 0 amide bonds. The molecule has 2 aromatic carbocycles. The van der Waals surface area contributed by atoms with Crippen molar-refractivity contribution in [3.8, 4) is 0 Å². The smallest absolute Gasteiger partial charge is 0.113 e. The van der Waals surface area contributed by atoms with Crippen molar-refractivity contribution in [1.82, 2.24) is 9.80 Å². The number of benzene rings is 2. The Morgan fingerprint density at radius 1 is 0.667 bits per heavy atom. The zero-order valence-corrected chi connectivity index (χ0v) is 17.8. The van der Waals surface area contributed by atoms with Crippen LogP contribution in [0.4, 0.5) is 0 Å². The second-order valence-corrected chi connectivity index (χ2v) is 10.0. The summed E-state index contributed by atoms with van der Waals surface area (Å²) in [4.78, 5) is 5.38. The molecule has 156 valence electrons. The normalized spacial score (nSPS) is 41.9. The van der Waals surface area contributed by atoms with E-state index in [-0.39, 0.29) is 12.5 Å². The summed E-state index contributed by atoms with van der Waals surface area (Å²) in [5.74, 6) is 0. The second kappa shape index (κ2) is 6.39. The quantitative estimate of drug-likeness (QED) is 0.659. The Morgan fingerprint density at radius 2 is 1.10 bits per heavy atom. The zero-order valence-electron chi connectivity index (χ0n) is 17.8. The first-order valence-electron chi connectivity index (χ1n) is 11.7. The molecule has 4 nitrogen and oxygen atoms in total. The molecule has 0 saturated carbocycles. The molecule has 0 aromatic heterocycles. The summed E-state index contributed by atoms with van der Waals surface area (Å²) in [6.45, 7) is 4.78. The van der Waals surface area contributed by atoms with Crippen molar-refractivity contribution in [2.24, 2.45) is 0 Å². The molecule has 30 heavy (non-hydrogen) atoms. The van der Waals surface area contributed by atoms with E-state index in [9.17, 15) is 0 Å². The lowest BCUT2D eigenvalue weighted by molar-refractivity contribution is -0.0928. The number of hydrogen-bond acceptors (Lipinski definition) is 4. The maximum Gasteiger partial charge on any atom is 0.113 e. The summed E-state index contributed by atoms with van der Waals surface area (Å²) in [6, 6.07) is 19.6. The lowest BCUT2D eigenvalue weighted by Gasteiger charge is -2.43. The van der Waals surface area contributed by atoms with Gasteiger partial charge in [-0.15, -0.1) is 0 Å². The van der Waals surface area contributed by atoms with Gasteiger partial charge >= 0.3 is 0 Å². The summed E-state index contributed by atoms with van der Waals surface area (Å²) < 4.78 is 13.5. The molecule has 0 N–H and O–H groups in total. The lowest BCUT2D eigenvalue weighted by atomic mass is 9.97. The van der Waals surface area contributed by atoms with Crippen molar-refractivity contribution in [3.05, 3.63) is 70.8 Å². The molecule has 3 aliphatic heterocycles. The molecular weight excluding hydrogens is 372 g/mol. The number of ether oxygens (including phenoxy) is 2. The third-order valence-electron chi connectivity index (χ3n) is 8.37. The highest BCUT2D eigenvalue weighted by Gasteiger charge is 2.55. The Kier molecular flexibility index (Phi) is 3.82. The van der Waals surface area contributed by atoms with Crippen LogP contribution >= 0.6 is 0 Å². The Hall–Kier alpha value is -1.72. The van der Waals surface area contributed by atoms with E-state index in [2.05, 4.69) is 72.2 Å². The molecule has 0 radical (unpaired) electrons. The first kappa shape index (κ1) is 17.9. The van der Waals surface area contributed by atoms with Gasteiger partial charge in [-0.1, -0.05) is 48.5 Å². The maximum absolute atomic E-state index is 6.74. The summed E-state index contributed by atoms with van der Waals surface area (Å²) in [5, 5.41) is 0. The molecular formula is C26H30N2O2. The second-order valence-electron chi connectivity index (χ2n) is 10.0. The molecule has 4 heteroatoms. The largest absolute Gasteiger partial charge is 0.357 e. The monoisotopic (exact) mass is 402 g/mol. The number of nitrogens with zero attached hydrogens (tertiary/aromatic N) is 2. The van der Waals surface area contributed by atoms with E-state index in [1.165, 1.54) is 22.3 Å². The first-order chi connectivity index (χ1) is 14.7. The van der Waals surface area contributed by atoms with Crippen molar-refractivity contribution < 1.29 is 9.47 Å². The molecule has 3 saturated heterocycles. The van der Waals surface area contributed by atoms with Gasteiger partial charge in [0.2, 0.25) is 0 Å². The van der Waals surface area contributed by atoms with Gasteiger partial charge in [-0.25, -0.2) is 0 Å². The molecule has 3 heterocycles. The van der Waals surface area contributed by atoms with Crippen LogP contribution in [0, 0.1) is 0 Å². The predicted octanol–water partition coefficient (Wildman–Crippen LogP) is 4.21. The minimum absolute atomic E-state index is 0.204. The summed E-state index contributed by atoms with van der Waals surface area (Å²) in [5.41, 5.74) is 5.91. The molecule has 2 aliphatic carbocycles. The predicted molar refractivity (Wildman–Crippen MR) is 115 cm³/mol. The summed E-state index contributed by atoms with van der Waals surface area (Å²) in [7, 11) is 0. The minimum atomic E-state index is 0.204. The zero-order chi connectivity index (χ0) is 20.0. The van der Waals surface area contributed by atoms with Crippen LogP contribution in [0.3, 0.4) is 0 Å². The van der Waals surface area contributed by atoms with Crippen LogP contribution in [0.15, 0.2) is 48.5 Å². The van der Waals surface area contributed by atoms with Gasteiger partial charge in [0.25, 0.3) is 0 Å². The van der Waals surface area contributed by atoms with E-state index in [4.69, 9.17) is 9.47 Å². The number of fused-ring (bicyclic) bond motifs is 10. The Balaban J connectivity index is 1.23. The van der Waals surface area contributed by atoms with Crippen molar-refractivity contribution in [1.29, 1.82) is 0 Å². The summed E-state index contributed by atoms with van der Waals surface area (Å²) in [6.07, 6.45) is 5.21. The van der Waals surface area contributed by atoms with Gasteiger partial charge in [-0.3, -0.25) is 9.80 Å². The molecule has 3 fully saturated rings. The average molecular weight is 403 g/mol. The fraction of sp³-hybridized carbons (Fsp3) is 0.538. The van der Waals surface area contributed by atoms with Crippen molar-refractivity contribution in [2.45, 2.75) is 88.4 Å². The molecule has 8 atom stereocenters. The third kappa shape index (κ3) is 2.36. The van der Waals surface area contributed by atoms with Crippen LogP contribution in [0.25, 0.3) is 0 Å². The molecule has 2 aromatic rings. The van der Waals surface area contributed by atoms with Crippen molar-refractivity contribution in [2.75, 3.05) is 0 Å². The minimum Gasteiger partial charge on any atom is -0.357 e. The van der Waals surface area contributed by atoms with Gasteiger partial charge in [-0.05, 0) is 36.1 Å². The van der Waals surface area contributed by atoms with Gasteiger partial charge < -0.3 is 9.47 Å². The van der Waals surface area contributed by atoms with Gasteiger partial charge in [-0.2, -0.15) is 0 Å². The van der Waals surface area contributed by atoms with Crippen LogP contribution in [-0.2, 0) is 22.3 Å². The SMILES string of the molecule is CC1CC2O[C@H]3Cc4ccccc4[C@H]3N2C(C)CC2O[C@H]3Cc4ccccc4[C@H]3N12. The molecule has 5 aliphatic rings. The third-order valence-corrected chi connectivity index (χ3v) is 8.37. The van der Waals surface area contributed by atoms with Gasteiger partial charge in [0.1, 0.15) is 12.5 Å². The van der Waals surface area contributed by atoms with Crippen LogP contribution in [-0.4, -0.2) is 46.5 Å². The van der Waals surface area contributed by atoms with Gasteiger partial charge in [0.15, 0.2) is 0 Å². The standard InChI is InChI=1S/C26H30N2O2/c1-15-11-23-28(26-20-10-6-4-8-18(20)14-22(26)29-23)16(2)12-24-27(15)25-19-9-5-3-7-17(19)13-21(25)30-24/h3-10,15-16,21-26H,11-14H2,1-2H3/t15?,16?,21-,22-,23?,24?,25+,26+/m0/s1. The fourth-order valence-electron chi connectivity index (χ4n) is 7.22. The topological polar surface area (TPSA) is 24.9 Å². The molecule has 4 unspecified atom stereocenters. The highest BCUT2D eigenvalue weighted by atomic mass is 16.5. The maximum atomic E-state index is 6.74. The molecule has 7 rings (SSSR count). The van der Waals surface area contributed by atoms with E-state index < -0.39 is 0 Å². The van der Waals surface area contributed by atoms with Crippen LogP contribution in [0.1, 0.15) is 61.0 Å². The fourth-order valence-corrected chi connectivity index (χ4v) is 7.22. The van der Waals surface area contributed by atoms with Gasteiger partial charge in [0, 0.05) is 37.8 Å². The van der Waals surface area contributed by atoms with E-state index in [1.54, 1.807) is 0 Å². The first-order valence-corrected chi connectivity index (χ1v) is 11.7. The van der Waals surface area contributed by atoms with E-state index >= 15 is 0 Å². The highest BCUT2D eigenvalue weighted by molar-refractivity contribution is 5.39. The number of hydrogen-bond donors (Lipinski definition) is 0. The van der Waals surface area contributed by atoms with Crippen molar-refractivity contribution >= 4 is 0 Å². The molecule has 0 bridgehead atoms. The van der Waals surface area contributed by atoms with Gasteiger partial charge in [0.05, 0.1) is 24.3 Å². The number of rotatable bonds is 0. The van der Waals surface area contributed by atoms with E-state index in [0.717, 1.165) is 25.7 Å². The highest BCUT2D eigenvalue weighted by Crippen LogP contribution is 2.51. The molecule has 0 spiro atoms. The van der Waals surface area contributed by atoms with E-state index in [0.29, 0.717) is 36.4 Å². The van der Waals surface area contributed by atoms with Crippen molar-refractivity contribution in [3.63, 3.8) is 0 Å². The Labute approximate surface area is 178 Å². The Bertz CT molecular complexity index is 913. The van der Waals surface area contributed by atoms with Crippen LogP contribution in [0.5, 0.6) is 0 Å². The lowest BCUT2D eigenvalue weighted by Crippen LogP contribution is -2.51.